The minimum Gasteiger partial charge on any atom is -0.319 e. The van der Waals surface area contributed by atoms with Crippen LogP contribution < -0.4 is 0 Å². The lowest BCUT2D eigenvalue weighted by molar-refractivity contribution is 1.16. The van der Waals surface area contributed by atoms with Crippen molar-refractivity contribution >= 4 is 80.8 Å². The number of benzene rings is 6. The minimum absolute atomic E-state index is 0.688. The van der Waals surface area contributed by atoms with Gasteiger partial charge in [-0.15, -0.1) is 11.3 Å². The third-order valence-electron chi connectivity index (χ3n) is 8.33. The van der Waals surface area contributed by atoms with Crippen molar-refractivity contribution in [3.8, 4) is 11.4 Å². The quantitative estimate of drug-likeness (QED) is 0.194. The smallest absolute Gasteiger partial charge is 0.219 e. The van der Waals surface area contributed by atoms with E-state index in [0.717, 1.165) is 48.9 Å². The molecule has 0 N–H and O–H groups in total. The van der Waals surface area contributed by atoms with E-state index in [0.29, 0.717) is 5.69 Å². The monoisotopic (exact) mass is 539 g/mol. The maximum Gasteiger partial charge on any atom is 0.219 e. The number of nitrogens with zero attached hydrogens (tertiary/aromatic N) is 3. The Labute approximate surface area is 239 Å². The Morgan fingerprint density at radius 3 is 1.39 bits per heavy atom. The van der Waals surface area contributed by atoms with Crippen LogP contribution in [0.25, 0.3) is 80.0 Å². The van der Waals surface area contributed by atoms with Crippen LogP contribution in [0, 0.1) is 6.57 Å². The normalized spacial score (nSPS) is 11.9. The predicted molar refractivity (Wildman–Crippen MR) is 174 cm³/mol. The van der Waals surface area contributed by atoms with E-state index in [1.165, 1.54) is 26.2 Å². The second-order valence-corrected chi connectivity index (χ2v) is 11.5. The number of fused-ring (bicyclic) bond motifs is 9. The zero-order valence-electron chi connectivity index (χ0n) is 21.9. The first-order valence-corrected chi connectivity index (χ1v) is 14.5. The van der Waals surface area contributed by atoms with Crippen molar-refractivity contribution in [2.24, 2.45) is 0 Å². The van der Waals surface area contributed by atoms with E-state index in [4.69, 9.17) is 6.57 Å². The predicted octanol–water partition coefficient (Wildman–Crippen LogP) is 10.8. The fourth-order valence-electron chi connectivity index (χ4n) is 6.67. The molecule has 0 aliphatic heterocycles. The molecule has 41 heavy (non-hydrogen) atoms. The number of rotatable bonds is 2. The van der Waals surface area contributed by atoms with Crippen LogP contribution in [-0.4, -0.2) is 9.13 Å². The van der Waals surface area contributed by atoms with Gasteiger partial charge in [-0.25, -0.2) is 4.85 Å². The highest BCUT2D eigenvalue weighted by molar-refractivity contribution is 7.26. The lowest BCUT2D eigenvalue weighted by Gasteiger charge is -2.16. The molecule has 0 fully saturated rings. The van der Waals surface area contributed by atoms with Gasteiger partial charge in [0.05, 0.1) is 40.0 Å². The highest BCUT2D eigenvalue weighted by Gasteiger charge is 2.24. The number of hydrogen-bond donors (Lipinski definition) is 0. The number of para-hydroxylation sites is 4. The zero-order chi connectivity index (χ0) is 27.1. The van der Waals surface area contributed by atoms with Gasteiger partial charge < -0.3 is 9.13 Å². The fraction of sp³-hybridized carbons (Fsp3) is 0. The molecule has 3 aromatic heterocycles. The van der Waals surface area contributed by atoms with Crippen LogP contribution in [0.5, 0.6) is 0 Å². The fourth-order valence-corrected chi connectivity index (χ4v) is 7.88. The van der Waals surface area contributed by atoms with Gasteiger partial charge in [0, 0.05) is 36.3 Å². The molecule has 9 aromatic rings. The number of aromatic nitrogens is 2. The molecule has 6 aromatic carbocycles. The van der Waals surface area contributed by atoms with E-state index in [2.05, 4.69) is 141 Å². The molecule has 0 saturated carbocycles. The Hall–Kier alpha value is -5.37. The Kier molecular flexibility index (Phi) is 4.55. The molecule has 0 spiro atoms. The molecule has 0 unspecified atom stereocenters. The van der Waals surface area contributed by atoms with Crippen LogP contribution in [0.2, 0.25) is 0 Å². The van der Waals surface area contributed by atoms with Crippen molar-refractivity contribution in [3.05, 3.63) is 139 Å². The molecule has 0 bridgehead atoms. The average Bonchev–Trinajstić information content (AvgIpc) is 3.69. The standard InChI is InChI=1S/C37H21N3S/c1-38-36-32(39-28-17-7-2-12-23(28)24-13-3-8-18-29(24)39)22-33(37-35(36)27-16-6-11-21-34(27)41-37)40-30-19-9-4-14-25(30)26-15-5-10-20-31(26)40/h2-22H. The first-order chi connectivity index (χ1) is 20.3. The molecule has 3 heterocycles. The second kappa shape index (κ2) is 8.32. The summed E-state index contributed by atoms with van der Waals surface area (Å²) in [6.45, 7) is 8.52. The molecule has 0 radical (unpaired) electrons. The minimum atomic E-state index is 0.688. The maximum atomic E-state index is 8.52. The summed E-state index contributed by atoms with van der Waals surface area (Å²) >= 11 is 1.77. The van der Waals surface area contributed by atoms with Crippen molar-refractivity contribution in [1.29, 1.82) is 0 Å². The van der Waals surface area contributed by atoms with Crippen molar-refractivity contribution in [2.75, 3.05) is 0 Å². The first kappa shape index (κ1) is 22.4. The summed E-state index contributed by atoms with van der Waals surface area (Å²) in [7, 11) is 0. The molecule has 4 heteroatoms. The summed E-state index contributed by atoms with van der Waals surface area (Å²) in [5.41, 5.74) is 7.23. The summed E-state index contributed by atoms with van der Waals surface area (Å²) in [5, 5.41) is 6.98. The van der Waals surface area contributed by atoms with Gasteiger partial charge in [-0.2, -0.15) is 0 Å². The molecule has 0 amide bonds. The van der Waals surface area contributed by atoms with Crippen molar-refractivity contribution in [3.63, 3.8) is 0 Å². The van der Waals surface area contributed by atoms with E-state index >= 15 is 0 Å². The number of hydrogen-bond acceptors (Lipinski definition) is 1. The molecular formula is C37H21N3S. The van der Waals surface area contributed by atoms with Crippen molar-refractivity contribution in [1.82, 2.24) is 9.13 Å². The van der Waals surface area contributed by atoms with Crippen molar-refractivity contribution < 1.29 is 0 Å². The summed E-state index contributed by atoms with van der Waals surface area (Å²) in [5.74, 6) is 0. The highest BCUT2D eigenvalue weighted by atomic mass is 32.1. The van der Waals surface area contributed by atoms with E-state index < -0.39 is 0 Å². The van der Waals surface area contributed by atoms with Gasteiger partial charge in [-0.05, 0) is 41.8 Å². The largest absolute Gasteiger partial charge is 0.319 e. The van der Waals surface area contributed by atoms with Gasteiger partial charge in [-0.3, -0.25) is 0 Å². The van der Waals surface area contributed by atoms with Gasteiger partial charge in [-0.1, -0.05) is 91.0 Å². The van der Waals surface area contributed by atoms with Crippen molar-refractivity contribution in [2.45, 2.75) is 0 Å². The van der Waals surface area contributed by atoms with E-state index in [1.54, 1.807) is 11.3 Å². The Bertz CT molecular complexity index is 2450. The maximum absolute atomic E-state index is 8.52. The third-order valence-corrected chi connectivity index (χ3v) is 9.53. The van der Waals surface area contributed by atoms with Gasteiger partial charge in [0.2, 0.25) is 5.69 Å². The van der Waals surface area contributed by atoms with Crippen LogP contribution in [0.4, 0.5) is 5.69 Å². The summed E-state index contributed by atoms with van der Waals surface area (Å²) in [6, 6.07) is 45.1. The molecule has 9 rings (SSSR count). The van der Waals surface area contributed by atoms with Gasteiger partial charge in [0.1, 0.15) is 0 Å². The molecule has 190 valence electrons. The van der Waals surface area contributed by atoms with E-state index in [9.17, 15) is 0 Å². The molecule has 0 aliphatic rings. The summed E-state index contributed by atoms with van der Waals surface area (Å²) < 4.78 is 7.01. The second-order valence-electron chi connectivity index (χ2n) is 10.4. The summed E-state index contributed by atoms with van der Waals surface area (Å²) in [6.07, 6.45) is 0. The topological polar surface area (TPSA) is 14.2 Å². The van der Waals surface area contributed by atoms with Gasteiger partial charge in [0.15, 0.2) is 0 Å². The Morgan fingerprint density at radius 2 is 0.902 bits per heavy atom. The van der Waals surface area contributed by atoms with Crippen LogP contribution in [0.1, 0.15) is 0 Å². The number of thiophene rings is 1. The van der Waals surface area contributed by atoms with Crippen LogP contribution in [-0.2, 0) is 0 Å². The van der Waals surface area contributed by atoms with Gasteiger partial charge in [0.25, 0.3) is 0 Å². The lowest BCUT2D eigenvalue weighted by Crippen LogP contribution is -2.00. The molecule has 0 atom stereocenters. The lowest BCUT2D eigenvalue weighted by atomic mass is 10.1. The molecule has 0 aliphatic carbocycles. The highest BCUT2D eigenvalue weighted by Crippen LogP contribution is 2.48. The Balaban J connectivity index is 1.55. The first-order valence-electron chi connectivity index (χ1n) is 13.7. The Morgan fingerprint density at radius 1 is 0.488 bits per heavy atom. The average molecular weight is 540 g/mol. The van der Waals surface area contributed by atoms with Crippen LogP contribution >= 0.6 is 11.3 Å². The molecule has 3 nitrogen and oxygen atoms in total. The van der Waals surface area contributed by atoms with E-state index in [-0.39, 0.29) is 0 Å². The van der Waals surface area contributed by atoms with Crippen LogP contribution in [0.3, 0.4) is 0 Å². The zero-order valence-corrected chi connectivity index (χ0v) is 22.7. The van der Waals surface area contributed by atoms with Crippen LogP contribution in [0.15, 0.2) is 127 Å². The molecule has 0 saturated heterocycles. The van der Waals surface area contributed by atoms with Gasteiger partial charge >= 0.3 is 0 Å². The third kappa shape index (κ3) is 2.96. The molecular weight excluding hydrogens is 518 g/mol. The SMILES string of the molecule is [C-]#[N+]c1c(-n2c3ccccc3c3ccccc32)cc(-n2c3ccccc3c3ccccc32)c2sc3ccccc3c12. The van der Waals surface area contributed by atoms with E-state index in [1.807, 2.05) is 0 Å². The summed E-state index contributed by atoms with van der Waals surface area (Å²) in [4.78, 5) is 4.26.